The molecule has 1 unspecified atom stereocenters. The first-order valence-corrected chi connectivity index (χ1v) is 5.56. The van der Waals surface area contributed by atoms with E-state index in [1.165, 1.54) is 12.8 Å². The van der Waals surface area contributed by atoms with E-state index in [-0.39, 0.29) is 0 Å². The van der Waals surface area contributed by atoms with Gasteiger partial charge in [0.15, 0.2) is 0 Å². The Morgan fingerprint density at radius 2 is 2.00 bits per heavy atom. The lowest BCUT2D eigenvalue weighted by Gasteiger charge is -2.26. The van der Waals surface area contributed by atoms with Crippen LogP contribution < -0.4 is 5.32 Å². The number of methoxy groups -OCH3 is 1. The van der Waals surface area contributed by atoms with Gasteiger partial charge in [-0.1, -0.05) is 0 Å². The standard InChI is InChI=1S/C10H20ClNO/c1-8(13-2)7-12-10-5-3-9(11)4-6-10/h8-10,12H,3-7H2,1-2H3. The summed E-state index contributed by atoms with van der Waals surface area (Å²) in [6.07, 6.45) is 5.05. The van der Waals surface area contributed by atoms with Crippen LogP contribution in [0.3, 0.4) is 0 Å². The minimum absolute atomic E-state index is 0.314. The van der Waals surface area contributed by atoms with Crippen LogP contribution in [0.2, 0.25) is 0 Å². The minimum Gasteiger partial charge on any atom is -0.380 e. The highest BCUT2D eigenvalue weighted by molar-refractivity contribution is 6.20. The zero-order valence-electron chi connectivity index (χ0n) is 8.55. The van der Waals surface area contributed by atoms with Crippen molar-refractivity contribution in [3.8, 4) is 0 Å². The summed E-state index contributed by atoms with van der Waals surface area (Å²) in [4.78, 5) is 0. The third-order valence-electron chi connectivity index (χ3n) is 2.75. The van der Waals surface area contributed by atoms with Gasteiger partial charge in [0, 0.05) is 25.1 Å². The monoisotopic (exact) mass is 205 g/mol. The summed E-state index contributed by atoms with van der Waals surface area (Å²) in [6, 6.07) is 0.660. The van der Waals surface area contributed by atoms with Crippen LogP contribution in [0.5, 0.6) is 0 Å². The molecule has 1 aliphatic carbocycles. The maximum absolute atomic E-state index is 6.02. The third-order valence-corrected chi connectivity index (χ3v) is 3.19. The van der Waals surface area contributed by atoms with Crippen LogP contribution in [0.15, 0.2) is 0 Å². The highest BCUT2D eigenvalue weighted by Gasteiger charge is 2.19. The highest BCUT2D eigenvalue weighted by Crippen LogP contribution is 2.22. The molecule has 78 valence electrons. The topological polar surface area (TPSA) is 21.3 Å². The van der Waals surface area contributed by atoms with Crippen molar-refractivity contribution in [2.24, 2.45) is 0 Å². The van der Waals surface area contributed by atoms with Crippen molar-refractivity contribution in [1.29, 1.82) is 0 Å². The quantitative estimate of drug-likeness (QED) is 0.711. The molecule has 0 aromatic heterocycles. The predicted octanol–water partition coefficient (Wildman–Crippen LogP) is 2.16. The van der Waals surface area contributed by atoms with E-state index in [4.69, 9.17) is 16.3 Å². The summed E-state index contributed by atoms with van der Waals surface area (Å²) >= 11 is 6.02. The van der Waals surface area contributed by atoms with E-state index in [0.29, 0.717) is 17.5 Å². The van der Waals surface area contributed by atoms with Crippen molar-refractivity contribution >= 4 is 11.6 Å². The van der Waals surface area contributed by atoms with Crippen molar-refractivity contribution < 1.29 is 4.74 Å². The molecule has 0 amide bonds. The number of ether oxygens (including phenoxy) is 1. The Morgan fingerprint density at radius 3 is 2.54 bits per heavy atom. The van der Waals surface area contributed by atoms with Gasteiger partial charge in [0.2, 0.25) is 0 Å². The van der Waals surface area contributed by atoms with Gasteiger partial charge in [-0.25, -0.2) is 0 Å². The highest BCUT2D eigenvalue weighted by atomic mass is 35.5. The first-order valence-electron chi connectivity index (χ1n) is 5.12. The first-order chi connectivity index (χ1) is 6.22. The molecule has 1 fully saturated rings. The molecule has 1 saturated carbocycles. The van der Waals surface area contributed by atoms with Gasteiger partial charge in [0.1, 0.15) is 0 Å². The van der Waals surface area contributed by atoms with Crippen molar-refractivity contribution in [3.63, 3.8) is 0 Å². The molecule has 0 bridgehead atoms. The lowest BCUT2D eigenvalue weighted by atomic mass is 9.95. The number of halogens is 1. The van der Waals surface area contributed by atoms with Gasteiger partial charge < -0.3 is 10.1 Å². The molecule has 1 aliphatic rings. The third kappa shape index (κ3) is 4.30. The first kappa shape index (κ1) is 11.3. The van der Waals surface area contributed by atoms with Crippen LogP contribution in [0.1, 0.15) is 32.6 Å². The Kier molecular flexibility index (Phi) is 5.07. The van der Waals surface area contributed by atoms with Crippen LogP contribution in [0.4, 0.5) is 0 Å². The Balaban J connectivity index is 2.08. The molecule has 2 nitrogen and oxygen atoms in total. The maximum Gasteiger partial charge on any atom is 0.0667 e. The second kappa shape index (κ2) is 5.84. The molecule has 0 radical (unpaired) electrons. The van der Waals surface area contributed by atoms with Crippen LogP contribution in [-0.2, 0) is 4.74 Å². The Morgan fingerprint density at radius 1 is 1.38 bits per heavy atom. The lowest BCUT2D eigenvalue weighted by molar-refractivity contribution is 0.112. The van der Waals surface area contributed by atoms with Gasteiger partial charge in [0.25, 0.3) is 0 Å². The molecule has 1 N–H and O–H groups in total. The molecular formula is C10H20ClNO. The minimum atomic E-state index is 0.314. The Labute approximate surface area is 86.0 Å². The fourth-order valence-electron chi connectivity index (χ4n) is 1.67. The van der Waals surface area contributed by atoms with E-state index >= 15 is 0 Å². The lowest BCUT2D eigenvalue weighted by Crippen LogP contribution is -2.37. The zero-order valence-corrected chi connectivity index (χ0v) is 9.31. The number of hydrogen-bond donors (Lipinski definition) is 1. The van der Waals surface area contributed by atoms with E-state index in [2.05, 4.69) is 12.2 Å². The number of hydrogen-bond acceptors (Lipinski definition) is 2. The number of nitrogens with one attached hydrogen (secondary N) is 1. The zero-order chi connectivity index (χ0) is 9.68. The largest absolute Gasteiger partial charge is 0.380 e. The summed E-state index contributed by atoms with van der Waals surface area (Å²) in [6.45, 7) is 3.04. The van der Waals surface area contributed by atoms with Crippen LogP contribution in [0.25, 0.3) is 0 Å². The van der Waals surface area contributed by atoms with E-state index in [1.807, 2.05) is 0 Å². The molecule has 0 aromatic carbocycles. The smallest absolute Gasteiger partial charge is 0.0667 e. The van der Waals surface area contributed by atoms with Gasteiger partial charge >= 0.3 is 0 Å². The summed E-state index contributed by atoms with van der Waals surface area (Å²) in [5.41, 5.74) is 0. The molecule has 1 rings (SSSR count). The van der Waals surface area contributed by atoms with Crippen LogP contribution >= 0.6 is 11.6 Å². The summed E-state index contributed by atoms with van der Waals surface area (Å²) in [7, 11) is 1.75. The average molecular weight is 206 g/mol. The second-order valence-corrected chi connectivity index (χ2v) is 4.52. The van der Waals surface area contributed by atoms with Gasteiger partial charge in [-0.15, -0.1) is 11.6 Å². The molecule has 13 heavy (non-hydrogen) atoms. The molecule has 0 saturated heterocycles. The summed E-state index contributed by atoms with van der Waals surface area (Å²) in [5, 5.41) is 3.92. The van der Waals surface area contributed by atoms with E-state index in [1.54, 1.807) is 7.11 Å². The SMILES string of the molecule is COC(C)CNC1CCC(Cl)CC1. The molecule has 0 heterocycles. The van der Waals surface area contributed by atoms with Crippen molar-refractivity contribution in [2.45, 2.75) is 50.1 Å². The van der Waals surface area contributed by atoms with Crippen molar-refractivity contribution in [1.82, 2.24) is 5.32 Å². The fourth-order valence-corrected chi connectivity index (χ4v) is 1.92. The Hall–Kier alpha value is 0.210. The maximum atomic E-state index is 6.02. The average Bonchev–Trinajstić information content (AvgIpc) is 2.16. The van der Waals surface area contributed by atoms with Crippen molar-refractivity contribution in [3.05, 3.63) is 0 Å². The number of rotatable bonds is 4. The summed E-state index contributed by atoms with van der Waals surface area (Å²) < 4.78 is 5.17. The molecule has 0 aliphatic heterocycles. The van der Waals surface area contributed by atoms with Crippen LogP contribution in [0, 0.1) is 0 Å². The molecular weight excluding hydrogens is 186 g/mol. The van der Waals surface area contributed by atoms with E-state index in [9.17, 15) is 0 Å². The molecule has 0 spiro atoms. The molecule has 1 atom stereocenters. The molecule has 3 heteroatoms. The fraction of sp³-hybridized carbons (Fsp3) is 1.00. The Bertz CT molecular complexity index is 135. The van der Waals surface area contributed by atoms with Crippen LogP contribution in [-0.4, -0.2) is 31.2 Å². The van der Waals surface area contributed by atoms with E-state index < -0.39 is 0 Å². The van der Waals surface area contributed by atoms with E-state index in [0.717, 1.165) is 19.4 Å². The van der Waals surface area contributed by atoms with Gasteiger partial charge in [-0.3, -0.25) is 0 Å². The molecule has 0 aromatic rings. The van der Waals surface area contributed by atoms with Gasteiger partial charge in [-0.2, -0.15) is 0 Å². The number of alkyl halides is 1. The normalized spacial score (nSPS) is 31.6. The van der Waals surface area contributed by atoms with Crippen molar-refractivity contribution in [2.75, 3.05) is 13.7 Å². The van der Waals surface area contributed by atoms with Gasteiger partial charge in [0.05, 0.1) is 6.10 Å². The predicted molar refractivity (Wildman–Crippen MR) is 56.4 cm³/mol. The second-order valence-electron chi connectivity index (χ2n) is 3.90. The van der Waals surface area contributed by atoms with Gasteiger partial charge in [-0.05, 0) is 32.6 Å². The summed E-state index contributed by atoms with van der Waals surface area (Å²) in [5.74, 6) is 0.